The summed E-state index contributed by atoms with van der Waals surface area (Å²) in [7, 11) is 1.72. The molecule has 5 heteroatoms. The van der Waals surface area contributed by atoms with Crippen molar-refractivity contribution >= 4 is 18.3 Å². The van der Waals surface area contributed by atoms with Gasteiger partial charge in [-0.05, 0) is 6.42 Å². The Labute approximate surface area is 104 Å². The van der Waals surface area contributed by atoms with Gasteiger partial charge in [-0.3, -0.25) is 4.79 Å². The predicted molar refractivity (Wildman–Crippen MR) is 66.6 cm³/mol. The summed E-state index contributed by atoms with van der Waals surface area (Å²) < 4.78 is 5.32. The first-order chi connectivity index (χ1) is 6.93. The van der Waals surface area contributed by atoms with Crippen LogP contribution in [0.1, 0.15) is 27.2 Å². The molecule has 0 bridgehead atoms. The number of amides is 1. The first-order valence-corrected chi connectivity index (χ1v) is 5.46. The SMILES string of the molecule is COC1CC(NC(=O)C(C)CN)C1(C)C.Cl. The third-order valence-corrected chi connectivity index (χ3v) is 3.58. The lowest BCUT2D eigenvalue weighted by molar-refractivity contribution is -0.135. The molecule has 0 radical (unpaired) electrons. The molecule has 0 spiro atoms. The molecule has 96 valence electrons. The minimum Gasteiger partial charge on any atom is -0.381 e. The Morgan fingerprint density at radius 1 is 1.62 bits per heavy atom. The molecule has 1 fully saturated rings. The fourth-order valence-electron chi connectivity index (χ4n) is 1.95. The van der Waals surface area contributed by atoms with Gasteiger partial charge in [-0.2, -0.15) is 0 Å². The average molecular weight is 251 g/mol. The van der Waals surface area contributed by atoms with Gasteiger partial charge in [-0.25, -0.2) is 0 Å². The van der Waals surface area contributed by atoms with Gasteiger partial charge in [0, 0.05) is 31.0 Å². The van der Waals surface area contributed by atoms with E-state index in [0.29, 0.717) is 6.54 Å². The normalized spacial score (nSPS) is 28.6. The molecule has 1 aliphatic carbocycles. The van der Waals surface area contributed by atoms with Crippen LogP contribution in [-0.2, 0) is 9.53 Å². The van der Waals surface area contributed by atoms with Crippen LogP contribution in [0.4, 0.5) is 0 Å². The molecule has 0 saturated heterocycles. The number of hydrogen-bond acceptors (Lipinski definition) is 3. The van der Waals surface area contributed by atoms with Crippen molar-refractivity contribution in [1.82, 2.24) is 5.32 Å². The van der Waals surface area contributed by atoms with Crippen molar-refractivity contribution in [1.29, 1.82) is 0 Å². The summed E-state index contributed by atoms with van der Waals surface area (Å²) in [5.41, 5.74) is 5.47. The quantitative estimate of drug-likeness (QED) is 0.780. The van der Waals surface area contributed by atoms with Crippen LogP contribution in [0.25, 0.3) is 0 Å². The molecule has 1 saturated carbocycles. The summed E-state index contributed by atoms with van der Waals surface area (Å²) in [6, 6.07) is 0.212. The second kappa shape index (κ2) is 5.84. The van der Waals surface area contributed by atoms with Crippen LogP contribution in [-0.4, -0.2) is 31.7 Å². The van der Waals surface area contributed by atoms with Crippen molar-refractivity contribution in [3.8, 4) is 0 Å². The molecule has 3 N–H and O–H groups in total. The second-order valence-corrected chi connectivity index (χ2v) is 4.98. The van der Waals surface area contributed by atoms with Gasteiger partial charge in [0.2, 0.25) is 5.91 Å². The smallest absolute Gasteiger partial charge is 0.224 e. The molecular formula is C11H23ClN2O2. The van der Waals surface area contributed by atoms with E-state index in [1.54, 1.807) is 7.11 Å². The fourth-order valence-corrected chi connectivity index (χ4v) is 1.95. The number of nitrogens with one attached hydrogen (secondary N) is 1. The summed E-state index contributed by atoms with van der Waals surface area (Å²) in [4.78, 5) is 11.6. The van der Waals surface area contributed by atoms with Crippen LogP contribution in [0.2, 0.25) is 0 Å². The second-order valence-electron chi connectivity index (χ2n) is 4.98. The molecule has 0 aliphatic heterocycles. The topological polar surface area (TPSA) is 64.3 Å². The van der Waals surface area contributed by atoms with Crippen LogP contribution in [0.3, 0.4) is 0 Å². The number of carbonyl (C=O) groups is 1. The summed E-state index contributed by atoms with van der Waals surface area (Å²) in [5.74, 6) is -0.0625. The number of halogens is 1. The molecule has 4 nitrogen and oxygen atoms in total. The number of ether oxygens (including phenoxy) is 1. The third-order valence-electron chi connectivity index (χ3n) is 3.58. The van der Waals surface area contributed by atoms with Crippen LogP contribution in [0.15, 0.2) is 0 Å². The Morgan fingerprint density at radius 2 is 2.19 bits per heavy atom. The maximum absolute atomic E-state index is 11.6. The van der Waals surface area contributed by atoms with E-state index in [1.165, 1.54) is 0 Å². The largest absolute Gasteiger partial charge is 0.381 e. The number of methoxy groups -OCH3 is 1. The van der Waals surface area contributed by atoms with E-state index >= 15 is 0 Å². The summed E-state index contributed by atoms with van der Waals surface area (Å²) in [6.07, 6.45) is 1.14. The lowest BCUT2D eigenvalue weighted by atomic mass is 9.64. The average Bonchev–Trinajstić information content (AvgIpc) is 2.21. The standard InChI is InChI=1S/C11H22N2O2.ClH/c1-7(6-12)10(14)13-8-5-9(15-4)11(8,2)3;/h7-9H,5-6,12H2,1-4H3,(H,13,14);1H. The monoisotopic (exact) mass is 250 g/mol. The molecule has 16 heavy (non-hydrogen) atoms. The molecular weight excluding hydrogens is 228 g/mol. The van der Waals surface area contributed by atoms with Gasteiger partial charge in [0.05, 0.1) is 6.10 Å². The van der Waals surface area contributed by atoms with Crippen molar-refractivity contribution in [3.05, 3.63) is 0 Å². The zero-order valence-electron chi connectivity index (χ0n) is 10.4. The highest BCUT2D eigenvalue weighted by atomic mass is 35.5. The first-order valence-electron chi connectivity index (χ1n) is 5.46. The summed E-state index contributed by atoms with van der Waals surface area (Å²) >= 11 is 0. The Morgan fingerprint density at radius 3 is 2.56 bits per heavy atom. The molecule has 1 aliphatic rings. The predicted octanol–water partition coefficient (Wildman–Crippen LogP) is 0.933. The zero-order valence-corrected chi connectivity index (χ0v) is 11.3. The maximum Gasteiger partial charge on any atom is 0.224 e. The Kier molecular flexibility index (Phi) is 5.73. The molecule has 0 aromatic heterocycles. The number of rotatable bonds is 4. The van der Waals surface area contributed by atoms with E-state index in [-0.39, 0.29) is 41.8 Å². The number of hydrogen-bond donors (Lipinski definition) is 2. The van der Waals surface area contributed by atoms with Crippen molar-refractivity contribution < 1.29 is 9.53 Å². The lowest BCUT2D eigenvalue weighted by Crippen LogP contribution is -2.62. The van der Waals surface area contributed by atoms with Gasteiger partial charge in [0.25, 0.3) is 0 Å². The molecule has 3 atom stereocenters. The minimum absolute atomic E-state index is 0. The number of carbonyl (C=O) groups excluding carboxylic acids is 1. The van der Waals surface area contributed by atoms with Gasteiger partial charge in [0.1, 0.15) is 0 Å². The van der Waals surface area contributed by atoms with E-state index in [4.69, 9.17) is 10.5 Å². The van der Waals surface area contributed by atoms with E-state index in [9.17, 15) is 4.79 Å². The van der Waals surface area contributed by atoms with E-state index in [0.717, 1.165) is 6.42 Å². The van der Waals surface area contributed by atoms with E-state index in [2.05, 4.69) is 19.2 Å². The van der Waals surface area contributed by atoms with Crippen molar-refractivity contribution in [2.45, 2.75) is 39.3 Å². The zero-order chi connectivity index (χ0) is 11.6. The van der Waals surface area contributed by atoms with Crippen molar-refractivity contribution in [2.24, 2.45) is 17.1 Å². The fraction of sp³-hybridized carbons (Fsp3) is 0.909. The van der Waals surface area contributed by atoms with Crippen LogP contribution in [0, 0.1) is 11.3 Å². The maximum atomic E-state index is 11.6. The highest BCUT2D eigenvalue weighted by Crippen LogP contribution is 2.42. The Balaban J connectivity index is 0.00000225. The Hall–Kier alpha value is -0.320. The highest BCUT2D eigenvalue weighted by Gasteiger charge is 2.49. The van der Waals surface area contributed by atoms with Gasteiger partial charge < -0.3 is 15.8 Å². The Bertz CT molecular complexity index is 246. The van der Waals surface area contributed by atoms with Gasteiger partial charge in [-0.15, -0.1) is 12.4 Å². The number of nitrogens with two attached hydrogens (primary N) is 1. The van der Waals surface area contributed by atoms with Crippen molar-refractivity contribution in [3.63, 3.8) is 0 Å². The summed E-state index contributed by atoms with van der Waals surface area (Å²) in [6.45, 7) is 6.47. The highest BCUT2D eigenvalue weighted by molar-refractivity contribution is 5.85. The van der Waals surface area contributed by atoms with Gasteiger partial charge >= 0.3 is 0 Å². The van der Waals surface area contributed by atoms with Crippen LogP contribution >= 0.6 is 12.4 Å². The molecule has 0 heterocycles. The van der Waals surface area contributed by atoms with Gasteiger partial charge in [0.15, 0.2) is 0 Å². The molecule has 0 aromatic rings. The third kappa shape index (κ3) is 2.87. The van der Waals surface area contributed by atoms with E-state index in [1.807, 2.05) is 6.92 Å². The molecule has 3 unspecified atom stereocenters. The summed E-state index contributed by atoms with van der Waals surface area (Å²) in [5, 5.41) is 3.02. The minimum atomic E-state index is -0.109. The lowest BCUT2D eigenvalue weighted by Gasteiger charge is -2.51. The van der Waals surface area contributed by atoms with Crippen LogP contribution in [0.5, 0.6) is 0 Å². The molecule has 1 rings (SSSR count). The molecule has 1 amide bonds. The van der Waals surface area contributed by atoms with E-state index < -0.39 is 0 Å². The van der Waals surface area contributed by atoms with Gasteiger partial charge in [-0.1, -0.05) is 20.8 Å². The molecule has 0 aromatic carbocycles. The van der Waals surface area contributed by atoms with Crippen LogP contribution < -0.4 is 11.1 Å². The van der Waals surface area contributed by atoms with Crippen molar-refractivity contribution in [2.75, 3.05) is 13.7 Å². The first kappa shape index (κ1) is 15.7.